The van der Waals surface area contributed by atoms with Crippen LogP contribution in [0.4, 0.5) is 5.82 Å². The van der Waals surface area contributed by atoms with Gasteiger partial charge in [0.05, 0.1) is 0 Å². The molecule has 0 saturated carbocycles. The molecular weight excluding hydrogens is 224 g/mol. The van der Waals surface area contributed by atoms with Crippen LogP contribution in [0.5, 0.6) is 0 Å². The van der Waals surface area contributed by atoms with Crippen molar-refractivity contribution < 1.29 is 9.90 Å². The number of anilines is 1. The van der Waals surface area contributed by atoms with E-state index in [1.165, 1.54) is 16.8 Å². The number of amides is 1. The van der Waals surface area contributed by atoms with Gasteiger partial charge in [-0.15, -0.1) is 0 Å². The molecule has 4 N–H and O–H groups in total. The predicted molar refractivity (Wildman–Crippen MR) is 62.2 cm³/mol. The molecule has 0 saturated heterocycles. The summed E-state index contributed by atoms with van der Waals surface area (Å²) in [5.74, 6) is -0.133. The highest BCUT2D eigenvalue weighted by molar-refractivity contribution is 5.75. The second kappa shape index (κ2) is 6.64. The number of carbonyl (C=O) groups is 1. The van der Waals surface area contributed by atoms with Crippen molar-refractivity contribution in [1.82, 2.24) is 14.9 Å². The lowest BCUT2D eigenvalue weighted by Crippen LogP contribution is -2.33. The third-order valence-electron chi connectivity index (χ3n) is 2.12. The Morgan fingerprint density at radius 1 is 1.53 bits per heavy atom. The number of nitrogen functional groups attached to an aromatic ring is 1. The van der Waals surface area contributed by atoms with Crippen LogP contribution in [0.1, 0.15) is 12.8 Å². The van der Waals surface area contributed by atoms with Crippen molar-refractivity contribution in [1.29, 1.82) is 0 Å². The van der Waals surface area contributed by atoms with Gasteiger partial charge in [0.25, 0.3) is 0 Å². The molecule has 1 amide bonds. The van der Waals surface area contributed by atoms with Gasteiger partial charge in [-0.1, -0.05) is 0 Å². The number of aliphatic hydroxyl groups excluding tert-OH is 1. The lowest BCUT2D eigenvalue weighted by Gasteiger charge is -2.06. The second-order valence-electron chi connectivity index (χ2n) is 3.54. The molecule has 0 radical (unpaired) electrons. The van der Waals surface area contributed by atoms with E-state index in [1.54, 1.807) is 0 Å². The van der Waals surface area contributed by atoms with Crippen LogP contribution >= 0.6 is 0 Å². The first kappa shape index (κ1) is 13.2. The zero-order valence-electron chi connectivity index (χ0n) is 9.43. The van der Waals surface area contributed by atoms with Gasteiger partial charge in [0.1, 0.15) is 12.4 Å². The van der Waals surface area contributed by atoms with E-state index < -0.39 is 5.69 Å². The topological polar surface area (TPSA) is 110 Å². The predicted octanol–water partition coefficient (Wildman–Crippen LogP) is -1.29. The summed E-state index contributed by atoms with van der Waals surface area (Å²) in [6.45, 7) is 0.513. The Labute approximate surface area is 98.3 Å². The standard InChI is InChI=1S/C10H16N4O3/c11-8-3-5-14(10(17)13-8)7-9(16)12-4-1-2-6-15/h3,5,15H,1-2,4,6-7H2,(H,12,16)(H2,11,13,17). The number of rotatable bonds is 6. The maximum atomic E-state index is 11.4. The summed E-state index contributed by atoms with van der Waals surface area (Å²) in [4.78, 5) is 26.2. The summed E-state index contributed by atoms with van der Waals surface area (Å²) in [6.07, 6.45) is 2.78. The molecule has 0 aliphatic heterocycles. The lowest BCUT2D eigenvalue weighted by molar-refractivity contribution is -0.121. The Balaban J connectivity index is 2.43. The summed E-state index contributed by atoms with van der Waals surface area (Å²) in [7, 11) is 0. The quantitative estimate of drug-likeness (QED) is 0.536. The van der Waals surface area contributed by atoms with Crippen molar-refractivity contribution in [2.45, 2.75) is 19.4 Å². The number of nitrogens with two attached hydrogens (primary N) is 1. The average molecular weight is 240 g/mol. The fourth-order valence-electron chi connectivity index (χ4n) is 1.24. The first-order chi connectivity index (χ1) is 8.13. The molecule has 0 aliphatic carbocycles. The fourth-order valence-corrected chi connectivity index (χ4v) is 1.24. The monoisotopic (exact) mass is 240 g/mol. The molecule has 7 nitrogen and oxygen atoms in total. The third kappa shape index (κ3) is 4.64. The summed E-state index contributed by atoms with van der Waals surface area (Å²) < 4.78 is 1.18. The minimum Gasteiger partial charge on any atom is -0.396 e. The summed E-state index contributed by atoms with van der Waals surface area (Å²) in [5, 5.41) is 11.2. The van der Waals surface area contributed by atoms with Gasteiger partial charge < -0.3 is 16.2 Å². The number of unbranched alkanes of at least 4 members (excludes halogenated alkanes) is 1. The highest BCUT2D eigenvalue weighted by Crippen LogP contribution is 1.90. The van der Waals surface area contributed by atoms with E-state index >= 15 is 0 Å². The second-order valence-corrected chi connectivity index (χ2v) is 3.54. The Morgan fingerprint density at radius 2 is 2.29 bits per heavy atom. The Hall–Kier alpha value is -1.89. The van der Waals surface area contributed by atoms with Crippen LogP contribution in [0.25, 0.3) is 0 Å². The van der Waals surface area contributed by atoms with Gasteiger partial charge in [-0.05, 0) is 18.9 Å². The number of hydrogen-bond donors (Lipinski definition) is 3. The number of aliphatic hydroxyl groups is 1. The Morgan fingerprint density at radius 3 is 2.94 bits per heavy atom. The first-order valence-corrected chi connectivity index (χ1v) is 5.34. The van der Waals surface area contributed by atoms with E-state index in [9.17, 15) is 9.59 Å². The molecular formula is C10H16N4O3. The van der Waals surface area contributed by atoms with Gasteiger partial charge in [0.2, 0.25) is 5.91 Å². The third-order valence-corrected chi connectivity index (χ3v) is 2.12. The SMILES string of the molecule is Nc1ccn(CC(=O)NCCCCO)c(=O)n1. The van der Waals surface area contributed by atoms with Crippen molar-refractivity contribution >= 4 is 11.7 Å². The maximum Gasteiger partial charge on any atom is 0.349 e. The molecule has 1 rings (SSSR count). The number of carbonyl (C=O) groups excluding carboxylic acids is 1. The maximum absolute atomic E-state index is 11.4. The summed E-state index contributed by atoms with van der Waals surface area (Å²) in [6, 6.07) is 1.46. The molecule has 0 bridgehead atoms. The van der Waals surface area contributed by atoms with E-state index in [0.29, 0.717) is 19.4 Å². The smallest absolute Gasteiger partial charge is 0.349 e. The fraction of sp³-hybridized carbons (Fsp3) is 0.500. The van der Waals surface area contributed by atoms with Crippen molar-refractivity contribution in [3.8, 4) is 0 Å². The van der Waals surface area contributed by atoms with Gasteiger partial charge in [-0.2, -0.15) is 4.98 Å². The molecule has 17 heavy (non-hydrogen) atoms. The number of nitrogens with one attached hydrogen (secondary N) is 1. The average Bonchev–Trinajstić information content (AvgIpc) is 2.28. The van der Waals surface area contributed by atoms with Gasteiger partial charge in [-0.3, -0.25) is 9.36 Å². The molecule has 0 spiro atoms. The van der Waals surface area contributed by atoms with Gasteiger partial charge in [0, 0.05) is 19.3 Å². The molecule has 1 aromatic rings. The molecule has 1 aromatic heterocycles. The summed E-state index contributed by atoms with van der Waals surface area (Å²) >= 11 is 0. The molecule has 7 heteroatoms. The van der Waals surface area contributed by atoms with Gasteiger partial charge >= 0.3 is 5.69 Å². The van der Waals surface area contributed by atoms with Crippen molar-refractivity contribution in [2.24, 2.45) is 0 Å². The molecule has 0 aromatic carbocycles. The normalized spacial score (nSPS) is 10.2. The van der Waals surface area contributed by atoms with Gasteiger partial charge in [0.15, 0.2) is 0 Å². The molecule has 0 unspecified atom stereocenters. The molecule has 94 valence electrons. The van der Waals surface area contributed by atoms with Crippen LogP contribution in [0, 0.1) is 0 Å². The first-order valence-electron chi connectivity index (χ1n) is 5.34. The zero-order chi connectivity index (χ0) is 12.7. The number of aromatic nitrogens is 2. The van der Waals surface area contributed by atoms with E-state index in [2.05, 4.69) is 10.3 Å². The molecule has 0 fully saturated rings. The van der Waals surface area contributed by atoms with Crippen molar-refractivity contribution in [2.75, 3.05) is 18.9 Å². The minimum absolute atomic E-state index is 0.0781. The lowest BCUT2D eigenvalue weighted by atomic mass is 10.3. The van der Waals surface area contributed by atoms with E-state index in [0.717, 1.165) is 0 Å². The Kier molecular flexibility index (Phi) is 5.15. The number of hydrogen-bond acceptors (Lipinski definition) is 5. The van der Waals surface area contributed by atoms with Crippen molar-refractivity contribution in [3.63, 3.8) is 0 Å². The van der Waals surface area contributed by atoms with Gasteiger partial charge in [-0.25, -0.2) is 4.79 Å². The largest absolute Gasteiger partial charge is 0.396 e. The van der Waals surface area contributed by atoms with Crippen LogP contribution in [0.3, 0.4) is 0 Å². The zero-order valence-corrected chi connectivity index (χ0v) is 9.43. The van der Waals surface area contributed by atoms with Crippen LogP contribution in [0.15, 0.2) is 17.1 Å². The van der Waals surface area contributed by atoms with Crippen LogP contribution in [-0.4, -0.2) is 33.7 Å². The van der Waals surface area contributed by atoms with E-state index in [-0.39, 0.29) is 24.9 Å². The Bertz CT molecular complexity index is 430. The summed E-state index contributed by atoms with van der Waals surface area (Å²) in [5.41, 5.74) is 4.78. The molecule has 0 atom stereocenters. The molecule has 1 heterocycles. The highest BCUT2D eigenvalue weighted by atomic mass is 16.3. The van der Waals surface area contributed by atoms with E-state index in [1.807, 2.05) is 0 Å². The molecule has 0 aliphatic rings. The number of nitrogens with zero attached hydrogens (tertiary/aromatic N) is 2. The van der Waals surface area contributed by atoms with E-state index in [4.69, 9.17) is 10.8 Å². The van der Waals surface area contributed by atoms with Crippen LogP contribution in [0.2, 0.25) is 0 Å². The van der Waals surface area contributed by atoms with Crippen molar-refractivity contribution in [3.05, 3.63) is 22.7 Å². The highest BCUT2D eigenvalue weighted by Gasteiger charge is 2.04. The minimum atomic E-state index is -0.546. The van der Waals surface area contributed by atoms with Crippen LogP contribution in [-0.2, 0) is 11.3 Å². The van der Waals surface area contributed by atoms with Crippen LogP contribution < -0.4 is 16.7 Å².